The van der Waals surface area contributed by atoms with E-state index in [-0.39, 0.29) is 17.2 Å². The van der Waals surface area contributed by atoms with Crippen LogP contribution < -0.4 is 10.5 Å². The molecule has 2 N–H and O–H groups in total. The number of hydrogen-bond donors (Lipinski definition) is 1. The highest BCUT2D eigenvalue weighted by molar-refractivity contribution is 5.98. The molecule has 1 fully saturated rings. The Balaban J connectivity index is 2.25. The standard InChI is InChI=1S/C14H16F3N3O4/c15-14(16,17)8-24-10-1-2-12(20(22)23)11(5-10)13(21)19-4-3-9(6-18)7-19/h1-2,5,9H,3-4,6-8,18H2. The monoisotopic (exact) mass is 347 g/mol. The first-order chi connectivity index (χ1) is 11.2. The Morgan fingerprint density at radius 1 is 1.46 bits per heavy atom. The van der Waals surface area contributed by atoms with Crippen molar-refractivity contribution < 1.29 is 27.6 Å². The van der Waals surface area contributed by atoms with E-state index in [1.54, 1.807) is 0 Å². The molecule has 1 aromatic rings. The Labute approximate surface area is 135 Å². The number of halogens is 3. The number of nitro benzene ring substituents is 1. The Hall–Kier alpha value is -2.36. The van der Waals surface area contributed by atoms with Crippen LogP contribution in [0.3, 0.4) is 0 Å². The molecule has 24 heavy (non-hydrogen) atoms. The number of nitro groups is 1. The highest BCUT2D eigenvalue weighted by Crippen LogP contribution is 2.28. The van der Waals surface area contributed by atoms with Crippen LogP contribution in [0.2, 0.25) is 0 Å². The lowest BCUT2D eigenvalue weighted by atomic mass is 10.1. The van der Waals surface area contributed by atoms with Gasteiger partial charge in [0, 0.05) is 19.2 Å². The summed E-state index contributed by atoms with van der Waals surface area (Å²) in [4.78, 5) is 24.2. The van der Waals surface area contributed by atoms with Gasteiger partial charge < -0.3 is 15.4 Å². The lowest BCUT2D eigenvalue weighted by Crippen LogP contribution is -2.30. The fraction of sp³-hybridized carbons (Fsp3) is 0.500. The summed E-state index contributed by atoms with van der Waals surface area (Å²) in [5.41, 5.74) is 4.77. The van der Waals surface area contributed by atoms with Crippen LogP contribution in [0, 0.1) is 16.0 Å². The van der Waals surface area contributed by atoms with Gasteiger partial charge in [0.25, 0.3) is 11.6 Å². The summed E-state index contributed by atoms with van der Waals surface area (Å²) in [6, 6.07) is 2.98. The number of amides is 1. The zero-order valence-electron chi connectivity index (χ0n) is 12.6. The molecule has 0 aromatic heterocycles. The van der Waals surface area contributed by atoms with Crippen molar-refractivity contribution in [2.24, 2.45) is 11.7 Å². The molecule has 132 valence electrons. The second kappa shape index (κ2) is 7.04. The van der Waals surface area contributed by atoms with Gasteiger partial charge in [-0.15, -0.1) is 0 Å². The van der Waals surface area contributed by atoms with Gasteiger partial charge in [0.2, 0.25) is 0 Å². The second-order valence-electron chi connectivity index (χ2n) is 5.48. The van der Waals surface area contributed by atoms with Gasteiger partial charge in [-0.2, -0.15) is 13.2 Å². The van der Waals surface area contributed by atoms with Gasteiger partial charge >= 0.3 is 6.18 Å². The van der Waals surface area contributed by atoms with Crippen LogP contribution in [-0.4, -0.2) is 48.1 Å². The van der Waals surface area contributed by atoms with Gasteiger partial charge in [0.05, 0.1) is 4.92 Å². The molecular formula is C14H16F3N3O4. The molecule has 0 aliphatic carbocycles. The number of nitrogens with two attached hydrogens (primary N) is 1. The minimum Gasteiger partial charge on any atom is -0.484 e. The number of carbonyl (C=O) groups is 1. The summed E-state index contributed by atoms with van der Waals surface area (Å²) < 4.78 is 41.2. The summed E-state index contributed by atoms with van der Waals surface area (Å²) in [5.74, 6) is -0.761. The third kappa shape index (κ3) is 4.34. The molecule has 0 saturated carbocycles. The van der Waals surface area contributed by atoms with Crippen LogP contribution in [0.15, 0.2) is 18.2 Å². The molecular weight excluding hydrogens is 331 g/mol. The van der Waals surface area contributed by atoms with Crippen molar-refractivity contribution in [3.05, 3.63) is 33.9 Å². The predicted octanol–water partition coefficient (Wildman–Crippen LogP) is 1.96. The molecule has 1 amide bonds. The van der Waals surface area contributed by atoms with E-state index in [2.05, 4.69) is 4.74 Å². The molecule has 1 aliphatic rings. The molecule has 7 nitrogen and oxygen atoms in total. The number of ether oxygens (including phenoxy) is 1. The normalized spacial score (nSPS) is 17.8. The highest BCUT2D eigenvalue weighted by Gasteiger charge is 2.32. The molecule has 2 rings (SSSR count). The topological polar surface area (TPSA) is 98.7 Å². The SMILES string of the molecule is NCC1CCN(C(=O)c2cc(OCC(F)(F)F)ccc2[N+](=O)[O-])C1. The molecule has 1 aliphatic heterocycles. The third-order valence-corrected chi connectivity index (χ3v) is 3.70. The quantitative estimate of drug-likeness (QED) is 0.648. The molecule has 1 saturated heterocycles. The lowest BCUT2D eigenvalue weighted by molar-refractivity contribution is -0.385. The molecule has 0 spiro atoms. The van der Waals surface area contributed by atoms with Gasteiger partial charge in [0.1, 0.15) is 11.3 Å². The zero-order valence-corrected chi connectivity index (χ0v) is 12.6. The van der Waals surface area contributed by atoms with Crippen LogP contribution >= 0.6 is 0 Å². The smallest absolute Gasteiger partial charge is 0.422 e. The summed E-state index contributed by atoms with van der Waals surface area (Å²) in [6.45, 7) is -0.399. The fourth-order valence-electron chi connectivity index (χ4n) is 2.48. The van der Waals surface area contributed by atoms with E-state index >= 15 is 0 Å². The number of carbonyl (C=O) groups excluding carboxylic acids is 1. The largest absolute Gasteiger partial charge is 0.484 e. The fourth-order valence-corrected chi connectivity index (χ4v) is 2.48. The van der Waals surface area contributed by atoms with Crippen LogP contribution in [0.25, 0.3) is 0 Å². The van der Waals surface area contributed by atoms with Crippen molar-refractivity contribution in [1.82, 2.24) is 4.90 Å². The maximum absolute atomic E-state index is 12.5. The average Bonchev–Trinajstić information content (AvgIpc) is 3.00. The first-order valence-electron chi connectivity index (χ1n) is 7.18. The Morgan fingerprint density at radius 2 is 2.17 bits per heavy atom. The summed E-state index contributed by atoms with van der Waals surface area (Å²) in [5, 5.41) is 11.1. The van der Waals surface area contributed by atoms with E-state index in [9.17, 15) is 28.1 Å². The van der Waals surface area contributed by atoms with Crippen LogP contribution in [0.4, 0.5) is 18.9 Å². The van der Waals surface area contributed by atoms with E-state index in [1.807, 2.05) is 0 Å². The molecule has 10 heteroatoms. The van der Waals surface area contributed by atoms with Crippen LogP contribution in [-0.2, 0) is 0 Å². The number of rotatable bonds is 5. The lowest BCUT2D eigenvalue weighted by Gasteiger charge is -2.17. The predicted molar refractivity (Wildman–Crippen MR) is 77.7 cm³/mol. The van der Waals surface area contributed by atoms with Gasteiger partial charge in [-0.25, -0.2) is 0 Å². The molecule has 1 atom stereocenters. The number of benzene rings is 1. The summed E-state index contributed by atoms with van der Waals surface area (Å²) in [6.07, 6.45) is -3.87. The van der Waals surface area contributed by atoms with E-state index in [4.69, 9.17) is 5.73 Å². The van der Waals surface area contributed by atoms with Crippen molar-refractivity contribution in [3.8, 4) is 5.75 Å². The average molecular weight is 347 g/mol. The van der Waals surface area contributed by atoms with Gasteiger partial charge in [-0.1, -0.05) is 0 Å². The Kier molecular flexibility index (Phi) is 5.27. The molecule has 1 aromatic carbocycles. The van der Waals surface area contributed by atoms with Gasteiger partial charge in [-0.05, 0) is 31.0 Å². The third-order valence-electron chi connectivity index (χ3n) is 3.70. The second-order valence-corrected chi connectivity index (χ2v) is 5.48. The number of likely N-dealkylation sites (tertiary alicyclic amines) is 1. The van der Waals surface area contributed by atoms with Crippen LogP contribution in [0.1, 0.15) is 16.8 Å². The number of alkyl halides is 3. The van der Waals surface area contributed by atoms with E-state index in [0.717, 1.165) is 18.2 Å². The minimum atomic E-state index is -4.55. The first kappa shape index (κ1) is 18.0. The maximum Gasteiger partial charge on any atom is 0.422 e. The highest BCUT2D eigenvalue weighted by atomic mass is 19.4. The van der Waals surface area contributed by atoms with E-state index in [0.29, 0.717) is 26.1 Å². The zero-order chi connectivity index (χ0) is 17.9. The summed E-state index contributed by atoms with van der Waals surface area (Å²) >= 11 is 0. The van der Waals surface area contributed by atoms with Gasteiger partial charge in [0.15, 0.2) is 6.61 Å². The van der Waals surface area contributed by atoms with Crippen molar-refractivity contribution in [1.29, 1.82) is 0 Å². The minimum absolute atomic E-state index is 0.109. The van der Waals surface area contributed by atoms with Crippen molar-refractivity contribution in [2.75, 3.05) is 26.2 Å². The first-order valence-corrected chi connectivity index (χ1v) is 7.18. The van der Waals surface area contributed by atoms with Crippen LogP contribution in [0.5, 0.6) is 5.75 Å². The Bertz CT molecular complexity index is 636. The van der Waals surface area contributed by atoms with Crippen molar-refractivity contribution in [2.45, 2.75) is 12.6 Å². The number of nitrogens with zero attached hydrogens (tertiary/aromatic N) is 2. The maximum atomic E-state index is 12.5. The van der Waals surface area contributed by atoms with Crippen molar-refractivity contribution in [3.63, 3.8) is 0 Å². The molecule has 1 heterocycles. The molecule has 0 bridgehead atoms. The Morgan fingerprint density at radius 3 is 2.71 bits per heavy atom. The van der Waals surface area contributed by atoms with Gasteiger partial charge in [-0.3, -0.25) is 14.9 Å². The van der Waals surface area contributed by atoms with E-state index < -0.39 is 29.3 Å². The molecule has 1 unspecified atom stereocenters. The van der Waals surface area contributed by atoms with Crippen molar-refractivity contribution >= 4 is 11.6 Å². The summed E-state index contributed by atoms with van der Waals surface area (Å²) in [7, 11) is 0. The molecule has 0 radical (unpaired) electrons. The number of hydrogen-bond acceptors (Lipinski definition) is 5. The van der Waals surface area contributed by atoms with E-state index in [1.165, 1.54) is 4.90 Å².